The minimum absolute atomic E-state index is 0.0290. The van der Waals surface area contributed by atoms with Crippen molar-refractivity contribution in [2.45, 2.75) is 18.9 Å². The van der Waals surface area contributed by atoms with Crippen LogP contribution >= 0.6 is 0 Å². The fourth-order valence-corrected chi connectivity index (χ4v) is 2.18. The van der Waals surface area contributed by atoms with E-state index in [2.05, 4.69) is 17.4 Å². The van der Waals surface area contributed by atoms with Crippen molar-refractivity contribution in [2.24, 2.45) is 0 Å². The number of carbonyl (C=O) groups is 1. The highest BCUT2D eigenvalue weighted by Crippen LogP contribution is 2.31. The molecule has 1 aliphatic rings. The lowest BCUT2D eigenvalue weighted by molar-refractivity contribution is 0.195. The molecule has 0 spiro atoms. The molecule has 0 aliphatic carbocycles. The van der Waals surface area contributed by atoms with Gasteiger partial charge in [0.1, 0.15) is 0 Å². The van der Waals surface area contributed by atoms with Crippen LogP contribution in [0.4, 0.5) is 4.79 Å². The summed E-state index contributed by atoms with van der Waals surface area (Å²) in [6.07, 6.45) is 2.16. The fraction of sp³-hybridized carbons (Fsp3) is 0.417. The molecular formula is C12H16N2O. The van der Waals surface area contributed by atoms with Gasteiger partial charge in [-0.2, -0.15) is 0 Å². The predicted octanol–water partition coefficient (Wildman–Crippen LogP) is 2.16. The van der Waals surface area contributed by atoms with Crippen LogP contribution in [0.25, 0.3) is 0 Å². The first kappa shape index (κ1) is 10.0. The van der Waals surface area contributed by atoms with Crippen molar-refractivity contribution < 1.29 is 4.79 Å². The summed E-state index contributed by atoms with van der Waals surface area (Å²) in [5, 5.41) is 2.69. The van der Waals surface area contributed by atoms with Gasteiger partial charge < -0.3 is 10.2 Å². The highest BCUT2D eigenvalue weighted by Gasteiger charge is 2.28. The van der Waals surface area contributed by atoms with Crippen molar-refractivity contribution in [3.63, 3.8) is 0 Å². The van der Waals surface area contributed by atoms with E-state index in [1.807, 2.05) is 23.1 Å². The molecule has 2 rings (SSSR count). The van der Waals surface area contributed by atoms with Gasteiger partial charge in [-0.25, -0.2) is 4.79 Å². The van der Waals surface area contributed by atoms with Gasteiger partial charge in [-0.1, -0.05) is 30.3 Å². The third-order valence-electron chi connectivity index (χ3n) is 2.91. The maximum Gasteiger partial charge on any atom is 0.317 e. The summed E-state index contributed by atoms with van der Waals surface area (Å²) in [7, 11) is 1.68. The Kier molecular flexibility index (Phi) is 2.90. The highest BCUT2D eigenvalue weighted by atomic mass is 16.2. The molecule has 0 bridgehead atoms. The summed E-state index contributed by atoms with van der Waals surface area (Å²) in [4.78, 5) is 13.5. The molecule has 3 nitrogen and oxygen atoms in total. The van der Waals surface area contributed by atoms with Crippen LogP contribution in [0.1, 0.15) is 24.4 Å². The molecule has 1 N–H and O–H groups in total. The van der Waals surface area contributed by atoms with E-state index >= 15 is 0 Å². The van der Waals surface area contributed by atoms with Gasteiger partial charge in [0, 0.05) is 13.6 Å². The quantitative estimate of drug-likeness (QED) is 0.747. The first-order valence-corrected chi connectivity index (χ1v) is 5.36. The Morgan fingerprint density at radius 3 is 2.80 bits per heavy atom. The molecule has 1 heterocycles. The second kappa shape index (κ2) is 4.34. The Morgan fingerprint density at radius 1 is 1.40 bits per heavy atom. The van der Waals surface area contributed by atoms with Crippen molar-refractivity contribution in [3.05, 3.63) is 35.9 Å². The second-order valence-corrected chi connectivity index (χ2v) is 3.82. The number of likely N-dealkylation sites (tertiary alicyclic amines) is 1. The molecule has 1 aromatic rings. The minimum Gasteiger partial charge on any atom is -0.341 e. The van der Waals surface area contributed by atoms with E-state index in [0.29, 0.717) is 0 Å². The number of amides is 2. The highest BCUT2D eigenvalue weighted by molar-refractivity contribution is 5.74. The zero-order chi connectivity index (χ0) is 10.7. The maximum atomic E-state index is 11.6. The molecule has 1 aliphatic heterocycles. The molecule has 80 valence electrons. The molecule has 1 saturated heterocycles. The van der Waals surface area contributed by atoms with Gasteiger partial charge >= 0.3 is 6.03 Å². The number of rotatable bonds is 1. The summed E-state index contributed by atoms with van der Waals surface area (Å²) in [6.45, 7) is 0.860. The summed E-state index contributed by atoms with van der Waals surface area (Å²) in [5.41, 5.74) is 1.23. The lowest BCUT2D eigenvalue weighted by atomic mass is 10.1. The summed E-state index contributed by atoms with van der Waals surface area (Å²) in [6, 6.07) is 10.5. The molecule has 0 aromatic heterocycles. The standard InChI is InChI=1S/C12H16N2O/c1-13-12(15)14-9-5-8-11(14)10-6-3-2-4-7-10/h2-4,6-7,11H,5,8-9H2,1H3,(H,13,15). The topological polar surface area (TPSA) is 32.3 Å². The van der Waals surface area contributed by atoms with E-state index in [-0.39, 0.29) is 12.1 Å². The zero-order valence-electron chi connectivity index (χ0n) is 8.94. The van der Waals surface area contributed by atoms with Gasteiger partial charge in [0.25, 0.3) is 0 Å². The lowest BCUT2D eigenvalue weighted by Crippen LogP contribution is -2.37. The van der Waals surface area contributed by atoms with Gasteiger partial charge in [0.2, 0.25) is 0 Å². The van der Waals surface area contributed by atoms with Gasteiger partial charge in [-0.15, -0.1) is 0 Å². The molecule has 15 heavy (non-hydrogen) atoms. The average molecular weight is 204 g/mol. The van der Waals surface area contributed by atoms with Crippen molar-refractivity contribution in [3.8, 4) is 0 Å². The Bertz CT molecular complexity index is 337. The normalized spacial score (nSPS) is 20.3. The van der Waals surface area contributed by atoms with Crippen molar-refractivity contribution in [1.82, 2.24) is 10.2 Å². The van der Waals surface area contributed by atoms with E-state index < -0.39 is 0 Å². The summed E-state index contributed by atoms with van der Waals surface area (Å²) in [5.74, 6) is 0. The number of hydrogen-bond acceptors (Lipinski definition) is 1. The van der Waals surface area contributed by atoms with Crippen molar-refractivity contribution in [2.75, 3.05) is 13.6 Å². The van der Waals surface area contributed by atoms with E-state index in [4.69, 9.17) is 0 Å². The van der Waals surface area contributed by atoms with Gasteiger partial charge in [-0.3, -0.25) is 0 Å². The first-order chi connectivity index (χ1) is 7.33. The maximum absolute atomic E-state index is 11.6. The van der Waals surface area contributed by atoms with E-state index in [1.165, 1.54) is 5.56 Å². The van der Waals surface area contributed by atoms with Gasteiger partial charge in [0.15, 0.2) is 0 Å². The van der Waals surface area contributed by atoms with Crippen LogP contribution in [-0.4, -0.2) is 24.5 Å². The molecule has 1 aromatic carbocycles. The van der Waals surface area contributed by atoms with E-state index in [9.17, 15) is 4.79 Å². The van der Waals surface area contributed by atoms with Crippen molar-refractivity contribution in [1.29, 1.82) is 0 Å². The summed E-state index contributed by atoms with van der Waals surface area (Å²) >= 11 is 0. The Balaban J connectivity index is 2.18. The molecule has 2 amide bonds. The van der Waals surface area contributed by atoms with Crippen LogP contribution in [0.15, 0.2) is 30.3 Å². The van der Waals surface area contributed by atoms with Gasteiger partial charge in [0.05, 0.1) is 6.04 Å². The number of benzene rings is 1. The number of nitrogens with one attached hydrogen (secondary N) is 1. The minimum atomic E-state index is 0.0290. The average Bonchev–Trinajstić information content (AvgIpc) is 2.78. The fourth-order valence-electron chi connectivity index (χ4n) is 2.18. The number of urea groups is 1. The number of hydrogen-bond donors (Lipinski definition) is 1. The van der Waals surface area contributed by atoms with Gasteiger partial charge in [-0.05, 0) is 18.4 Å². The summed E-state index contributed by atoms with van der Waals surface area (Å²) < 4.78 is 0. The molecule has 1 fully saturated rings. The largest absolute Gasteiger partial charge is 0.341 e. The van der Waals surface area contributed by atoms with Crippen LogP contribution < -0.4 is 5.32 Å². The molecule has 0 radical (unpaired) electrons. The molecule has 1 atom stereocenters. The SMILES string of the molecule is CNC(=O)N1CCCC1c1ccccc1. The third kappa shape index (κ3) is 1.96. The zero-order valence-corrected chi connectivity index (χ0v) is 8.94. The monoisotopic (exact) mass is 204 g/mol. The smallest absolute Gasteiger partial charge is 0.317 e. The Labute approximate surface area is 90.1 Å². The van der Waals surface area contributed by atoms with Crippen molar-refractivity contribution >= 4 is 6.03 Å². The van der Waals surface area contributed by atoms with Crippen LogP contribution in [0, 0.1) is 0 Å². The number of carbonyl (C=O) groups excluding carboxylic acids is 1. The molecule has 0 saturated carbocycles. The van der Waals surface area contributed by atoms with Crippen LogP contribution in [-0.2, 0) is 0 Å². The van der Waals surface area contributed by atoms with E-state index in [1.54, 1.807) is 7.05 Å². The Hall–Kier alpha value is -1.51. The van der Waals surface area contributed by atoms with E-state index in [0.717, 1.165) is 19.4 Å². The number of nitrogens with zero attached hydrogens (tertiary/aromatic N) is 1. The second-order valence-electron chi connectivity index (χ2n) is 3.82. The lowest BCUT2D eigenvalue weighted by Gasteiger charge is -2.24. The molecule has 3 heteroatoms. The molecular weight excluding hydrogens is 188 g/mol. The van der Waals surface area contributed by atoms with Crippen LogP contribution in [0.2, 0.25) is 0 Å². The third-order valence-corrected chi connectivity index (χ3v) is 2.91. The Morgan fingerprint density at radius 2 is 2.13 bits per heavy atom. The first-order valence-electron chi connectivity index (χ1n) is 5.36. The van der Waals surface area contributed by atoms with Crippen LogP contribution in [0.3, 0.4) is 0 Å². The van der Waals surface area contributed by atoms with Crippen LogP contribution in [0.5, 0.6) is 0 Å². The predicted molar refractivity (Wildman–Crippen MR) is 59.6 cm³/mol. The molecule has 1 unspecified atom stereocenters.